The zero-order valence-corrected chi connectivity index (χ0v) is 18.4. The van der Waals surface area contributed by atoms with Crippen LogP contribution in [-0.2, 0) is 12.3 Å². The van der Waals surface area contributed by atoms with Crippen molar-refractivity contribution in [2.24, 2.45) is 0 Å². The highest BCUT2D eigenvalue weighted by Gasteiger charge is 2.20. The number of para-hydroxylation sites is 1. The Morgan fingerprint density at radius 3 is 2.48 bits per heavy atom. The van der Waals surface area contributed by atoms with E-state index in [1.54, 1.807) is 6.07 Å². The number of nitrogens with zero attached hydrogens (tertiary/aromatic N) is 6. The highest BCUT2D eigenvalue weighted by Crippen LogP contribution is 2.29. The molecule has 5 rings (SSSR count). The molecule has 0 amide bonds. The molecule has 0 unspecified atom stereocenters. The van der Waals surface area contributed by atoms with E-state index in [0.717, 1.165) is 41.9 Å². The van der Waals surface area contributed by atoms with E-state index in [0.29, 0.717) is 22.6 Å². The second-order valence-electron chi connectivity index (χ2n) is 7.32. The smallest absolute Gasteiger partial charge is 0.249 e. The summed E-state index contributed by atoms with van der Waals surface area (Å²) in [5, 5.41) is 18.7. The lowest BCUT2D eigenvalue weighted by Gasteiger charge is -2.15. The van der Waals surface area contributed by atoms with Crippen molar-refractivity contribution in [1.82, 2.24) is 29.9 Å². The fourth-order valence-electron chi connectivity index (χ4n) is 3.66. The molecule has 2 aromatic heterocycles. The predicted octanol–water partition coefficient (Wildman–Crippen LogP) is 4.86. The van der Waals surface area contributed by atoms with Crippen molar-refractivity contribution in [3.05, 3.63) is 71.3 Å². The summed E-state index contributed by atoms with van der Waals surface area (Å²) in [6, 6.07) is 17.6. The monoisotopic (exact) mass is 452 g/mol. The fourth-order valence-corrected chi connectivity index (χ4v) is 4.68. The minimum absolute atomic E-state index is 0.417. The predicted molar refractivity (Wildman–Crippen MR) is 120 cm³/mol. The van der Waals surface area contributed by atoms with Crippen molar-refractivity contribution >= 4 is 23.4 Å². The third-order valence-corrected chi connectivity index (χ3v) is 6.42. The lowest BCUT2D eigenvalue weighted by atomic mass is 10.2. The van der Waals surface area contributed by atoms with Crippen LogP contribution < -0.4 is 0 Å². The van der Waals surface area contributed by atoms with Crippen molar-refractivity contribution in [3.63, 3.8) is 0 Å². The summed E-state index contributed by atoms with van der Waals surface area (Å²) >= 11 is 7.77. The van der Waals surface area contributed by atoms with Gasteiger partial charge in [-0.2, -0.15) is 0 Å². The molecule has 0 spiro atoms. The van der Waals surface area contributed by atoms with Gasteiger partial charge in [0.15, 0.2) is 11.0 Å². The van der Waals surface area contributed by atoms with Crippen LogP contribution in [0.1, 0.15) is 24.6 Å². The van der Waals surface area contributed by atoms with Gasteiger partial charge in [-0.05, 0) is 50.2 Å². The average Bonchev–Trinajstić information content (AvgIpc) is 3.55. The number of hydrogen-bond donors (Lipinski definition) is 0. The number of likely N-dealkylation sites (tertiary alicyclic amines) is 1. The van der Waals surface area contributed by atoms with Gasteiger partial charge in [-0.15, -0.1) is 20.4 Å². The molecule has 0 saturated carbocycles. The molecule has 0 N–H and O–H groups in total. The van der Waals surface area contributed by atoms with Crippen molar-refractivity contribution in [3.8, 4) is 17.1 Å². The standard InChI is InChI=1S/C22H21ClN6OS/c23-18-11-5-4-10-17(18)21-26-25-20(30-21)15-31-22-27-24-19(14-28-12-6-7-13-28)29(22)16-8-2-1-3-9-16/h1-5,8-11H,6-7,12-15H2. The maximum Gasteiger partial charge on any atom is 0.249 e. The first-order valence-corrected chi connectivity index (χ1v) is 11.6. The van der Waals surface area contributed by atoms with Crippen LogP contribution in [0.4, 0.5) is 0 Å². The summed E-state index contributed by atoms with van der Waals surface area (Å²) in [4.78, 5) is 2.42. The van der Waals surface area contributed by atoms with Gasteiger partial charge in [0.05, 0.1) is 22.9 Å². The van der Waals surface area contributed by atoms with Gasteiger partial charge in [0, 0.05) is 5.69 Å². The van der Waals surface area contributed by atoms with Crippen molar-refractivity contribution in [2.45, 2.75) is 30.3 Å². The number of benzene rings is 2. The van der Waals surface area contributed by atoms with Crippen LogP contribution in [0, 0.1) is 0 Å². The second-order valence-corrected chi connectivity index (χ2v) is 8.67. The highest BCUT2D eigenvalue weighted by molar-refractivity contribution is 7.98. The molecule has 0 atom stereocenters. The molecule has 1 aliphatic rings. The Morgan fingerprint density at radius 1 is 0.903 bits per heavy atom. The van der Waals surface area contributed by atoms with E-state index >= 15 is 0 Å². The van der Waals surface area contributed by atoms with Crippen LogP contribution >= 0.6 is 23.4 Å². The summed E-state index contributed by atoms with van der Waals surface area (Å²) in [7, 11) is 0. The molecular weight excluding hydrogens is 432 g/mol. The Morgan fingerprint density at radius 2 is 1.68 bits per heavy atom. The molecule has 2 aromatic carbocycles. The average molecular weight is 453 g/mol. The van der Waals surface area contributed by atoms with Gasteiger partial charge in [-0.1, -0.05) is 53.7 Å². The van der Waals surface area contributed by atoms with Crippen molar-refractivity contribution in [1.29, 1.82) is 0 Å². The van der Waals surface area contributed by atoms with Crippen molar-refractivity contribution in [2.75, 3.05) is 13.1 Å². The number of rotatable bonds is 7. The Balaban J connectivity index is 1.37. The quantitative estimate of drug-likeness (QED) is 0.371. The minimum Gasteiger partial charge on any atom is -0.420 e. The minimum atomic E-state index is 0.417. The summed E-state index contributed by atoms with van der Waals surface area (Å²) < 4.78 is 7.96. The second kappa shape index (κ2) is 9.21. The Hall–Kier alpha value is -2.68. The third-order valence-electron chi connectivity index (χ3n) is 5.17. The molecule has 1 fully saturated rings. The highest BCUT2D eigenvalue weighted by atomic mass is 35.5. The zero-order chi connectivity index (χ0) is 21.0. The molecule has 0 bridgehead atoms. The van der Waals surface area contributed by atoms with Gasteiger partial charge >= 0.3 is 0 Å². The lowest BCUT2D eigenvalue weighted by molar-refractivity contribution is 0.319. The first kappa shape index (κ1) is 20.2. The van der Waals surface area contributed by atoms with Crippen LogP contribution in [0.25, 0.3) is 17.1 Å². The molecule has 1 saturated heterocycles. The molecule has 9 heteroatoms. The van der Waals surface area contributed by atoms with Crippen LogP contribution in [0.3, 0.4) is 0 Å². The van der Waals surface area contributed by atoms with Crippen LogP contribution in [-0.4, -0.2) is 43.0 Å². The normalized spacial score (nSPS) is 14.4. The van der Waals surface area contributed by atoms with Gasteiger partial charge in [0.2, 0.25) is 11.8 Å². The summed E-state index contributed by atoms with van der Waals surface area (Å²) in [5.41, 5.74) is 1.78. The lowest BCUT2D eigenvalue weighted by Crippen LogP contribution is -2.21. The number of hydrogen-bond acceptors (Lipinski definition) is 7. The summed E-state index contributed by atoms with van der Waals surface area (Å²) in [6.45, 7) is 3.01. The van der Waals surface area contributed by atoms with E-state index in [4.69, 9.17) is 16.0 Å². The SMILES string of the molecule is Clc1ccccc1-c1nnc(CSc2nnc(CN3CCCC3)n2-c2ccccc2)o1. The molecule has 0 radical (unpaired) electrons. The molecule has 31 heavy (non-hydrogen) atoms. The van der Waals surface area contributed by atoms with Gasteiger partial charge in [0.25, 0.3) is 0 Å². The van der Waals surface area contributed by atoms with E-state index in [2.05, 4.69) is 42.0 Å². The molecule has 7 nitrogen and oxygen atoms in total. The van der Waals surface area contributed by atoms with Gasteiger partial charge in [-0.25, -0.2) is 0 Å². The zero-order valence-electron chi connectivity index (χ0n) is 16.8. The van der Waals surface area contributed by atoms with E-state index in [9.17, 15) is 0 Å². The summed E-state index contributed by atoms with van der Waals surface area (Å²) in [6.07, 6.45) is 2.48. The molecule has 0 aliphatic carbocycles. The fraction of sp³-hybridized carbons (Fsp3) is 0.273. The van der Waals surface area contributed by atoms with E-state index in [1.165, 1.54) is 24.6 Å². The maximum atomic E-state index is 6.24. The molecular formula is C22H21ClN6OS. The first-order valence-electron chi connectivity index (χ1n) is 10.2. The van der Waals surface area contributed by atoms with Gasteiger partial charge < -0.3 is 4.42 Å². The number of thioether (sulfide) groups is 1. The topological polar surface area (TPSA) is 72.9 Å². The third kappa shape index (κ3) is 4.51. The summed E-state index contributed by atoms with van der Waals surface area (Å²) in [5.74, 6) is 2.37. The Labute approximate surface area is 189 Å². The van der Waals surface area contributed by atoms with Crippen LogP contribution in [0.5, 0.6) is 0 Å². The first-order chi connectivity index (χ1) is 15.3. The van der Waals surface area contributed by atoms with Crippen molar-refractivity contribution < 1.29 is 4.42 Å². The van der Waals surface area contributed by atoms with E-state index in [1.807, 2.05) is 36.4 Å². The largest absolute Gasteiger partial charge is 0.420 e. The van der Waals surface area contributed by atoms with Crippen LogP contribution in [0.15, 0.2) is 64.2 Å². The van der Waals surface area contributed by atoms with Crippen LogP contribution in [0.2, 0.25) is 5.02 Å². The van der Waals surface area contributed by atoms with E-state index in [-0.39, 0.29) is 0 Å². The van der Waals surface area contributed by atoms with Gasteiger partial charge in [0.1, 0.15) is 0 Å². The molecule has 1 aliphatic heterocycles. The number of halogens is 1. The van der Waals surface area contributed by atoms with Gasteiger partial charge in [-0.3, -0.25) is 9.47 Å². The maximum absolute atomic E-state index is 6.24. The Bertz CT molecular complexity index is 1160. The molecule has 3 heterocycles. The molecule has 158 valence electrons. The molecule has 4 aromatic rings. The number of aromatic nitrogens is 5. The Kier molecular flexibility index (Phi) is 6.01. The van der Waals surface area contributed by atoms with E-state index < -0.39 is 0 Å².